The Morgan fingerprint density at radius 1 is 1.40 bits per heavy atom. The molecule has 0 unspecified atom stereocenters. The minimum absolute atomic E-state index is 0.00151. The molecule has 1 aliphatic heterocycles. The first-order valence-electron chi connectivity index (χ1n) is 8.91. The van der Waals surface area contributed by atoms with Crippen LogP contribution in [0.5, 0.6) is 0 Å². The van der Waals surface area contributed by atoms with Crippen LogP contribution in [0.4, 0.5) is 0 Å². The van der Waals surface area contributed by atoms with Gasteiger partial charge in [-0.3, -0.25) is 14.7 Å². The molecule has 1 saturated carbocycles. The van der Waals surface area contributed by atoms with Gasteiger partial charge in [0.25, 0.3) is 0 Å². The predicted octanol–water partition coefficient (Wildman–Crippen LogP) is 1.66. The van der Waals surface area contributed by atoms with E-state index in [9.17, 15) is 4.79 Å². The molecule has 3 heterocycles. The molecule has 2 aromatic rings. The Kier molecular flexibility index (Phi) is 4.48. The van der Waals surface area contributed by atoms with E-state index >= 15 is 0 Å². The molecule has 2 aromatic heterocycles. The molecular formula is C18H23N5O2. The fourth-order valence-electron chi connectivity index (χ4n) is 3.46. The van der Waals surface area contributed by atoms with E-state index in [0.29, 0.717) is 11.7 Å². The van der Waals surface area contributed by atoms with Gasteiger partial charge in [0.15, 0.2) is 5.82 Å². The highest BCUT2D eigenvalue weighted by Gasteiger charge is 2.38. The second kappa shape index (κ2) is 6.92. The predicted molar refractivity (Wildman–Crippen MR) is 90.6 cm³/mol. The molecular weight excluding hydrogens is 318 g/mol. The van der Waals surface area contributed by atoms with E-state index in [-0.39, 0.29) is 23.8 Å². The molecule has 1 saturated heterocycles. The summed E-state index contributed by atoms with van der Waals surface area (Å²) in [6, 6.07) is 4.03. The van der Waals surface area contributed by atoms with Gasteiger partial charge in [-0.1, -0.05) is 11.2 Å². The summed E-state index contributed by atoms with van der Waals surface area (Å²) in [6.07, 6.45) is 6.57. The normalized spacial score (nSPS) is 24.2. The van der Waals surface area contributed by atoms with Gasteiger partial charge in [-0.25, -0.2) is 0 Å². The molecule has 1 amide bonds. The highest BCUT2D eigenvalue weighted by atomic mass is 16.5. The van der Waals surface area contributed by atoms with Crippen molar-refractivity contribution in [1.82, 2.24) is 25.3 Å². The molecule has 2 fully saturated rings. The molecule has 7 heteroatoms. The second-order valence-electron chi connectivity index (χ2n) is 7.06. The summed E-state index contributed by atoms with van der Waals surface area (Å²) < 4.78 is 5.40. The number of amides is 1. The first-order chi connectivity index (χ1) is 12.2. The van der Waals surface area contributed by atoms with Crippen LogP contribution >= 0.6 is 0 Å². The Hall–Kier alpha value is -2.28. The lowest BCUT2D eigenvalue weighted by Crippen LogP contribution is -2.51. The van der Waals surface area contributed by atoms with E-state index < -0.39 is 0 Å². The van der Waals surface area contributed by atoms with Crippen LogP contribution in [0.1, 0.15) is 42.5 Å². The topological polar surface area (TPSA) is 84.2 Å². The van der Waals surface area contributed by atoms with Gasteiger partial charge in [0.1, 0.15) is 0 Å². The van der Waals surface area contributed by atoms with E-state index in [1.54, 1.807) is 6.20 Å². The lowest BCUT2D eigenvalue weighted by molar-refractivity contribution is -0.123. The van der Waals surface area contributed by atoms with Crippen LogP contribution in [0.15, 0.2) is 29.0 Å². The maximum Gasteiger partial charge on any atom is 0.231 e. The molecule has 2 aliphatic rings. The zero-order valence-corrected chi connectivity index (χ0v) is 14.4. The number of nitrogens with one attached hydrogen (secondary N) is 1. The van der Waals surface area contributed by atoms with Gasteiger partial charge in [-0.2, -0.15) is 4.98 Å². The second-order valence-corrected chi connectivity index (χ2v) is 7.06. The van der Waals surface area contributed by atoms with Crippen molar-refractivity contribution in [2.45, 2.75) is 44.7 Å². The molecule has 0 spiro atoms. The van der Waals surface area contributed by atoms with Crippen molar-refractivity contribution in [3.8, 4) is 0 Å². The highest BCUT2D eigenvalue weighted by Crippen LogP contribution is 2.32. The Morgan fingerprint density at radius 2 is 2.28 bits per heavy atom. The van der Waals surface area contributed by atoms with Gasteiger partial charge >= 0.3 is 0 Å². The summed E-state index contributed by atoms with van der Waals surface area (Å²) in [4.78, 5) is 23.3. The average Bonchev–Trinajstić information content (AvgIpc) is 3.38. The van der Waals surface area contributed by atoms with E-state index in [2.05, 4.69) is 31.4 Å². The molecule has 1 aliphatic carbocycles. The quantitative estimate of drug-likeness (QED) is 0.890. The number of nitrogens with zero attached hydrogens (tertiary/aromatic N) is 4. The minimum atomic E-state index is -0.00151. The maximum atomic E-state index is 12.3. The SMILES string of the molecule is Cc1noc([C@H]2CCN(Cc3cccnc3)C[C@H]2NC(=O)C2CC2)n1. The largest absolute Gasteiger partial charge is 0.351 e. The number of rotatable bonds is 5. The molecule has 2 atom stereocenters. The zero-order valence-electron chi connectivity index (χ0n) is 14.4. The average molecular weight is 341 g/mol. The number of piperidine rings is 1. The summed E-state index contributed by atoms with van der Waals surface area (Å²) in [5.41, 5.74) is 1.18. The lowest BCUT2D eigenvalue weighted by Gasteiger charge is -2.37. The summed E-state index contributed by atoms with van der Waals surface area (Å²) in [7, 11) is 0. The van der Waals surface area contributed by atoms with Gasteiger partial charge in [0, 0.05) is 31.4 Å². The summed E-state index contributed by atoms with van der Waals surface area (Å²) in [5, 5.41) is 7.15. The molecule has 0 radical (unpaired) electrons. The van der Waals surface area contributed by atoms with Gasteiger partial charge in [-0.05, 0) is 44.4 Å². The number of carbonyl (C=O) groups excluding carboxylic acids is 1. The molecule has 25 heavy (non-hydrogen) atoms. The number of hydrogen-bond donors (Lipinski definition) is 1. The zero-order chi connectivity index (χ0) is 17.2. The number of pyridine rings is 1. The number of carbonyl (C=O) groups is 1. The van der Waals surface area contributed by atoms with Crippen LogP contribution in [0.3, 0.4) is 0 Å². The summed E-state index contributed by atoms with van der Waals surface area (Å²) >= 11 is 0. The van der Waals surface area contributed by atoms with E-state index in [0.717, 1.165) is 38.9 Å². The highest BCUT2D eigenvalue weighted by molar-refractivity contribution is 5.81. The first-order valence-corrected chi connectivity index (χ1v) is 8.91. The van der Waals surface area contributed by atoms with E-state index in [4.69, 9.17) is 4.52 Å². The van der Waals surface area contributed by atoms with E-state index in [1.165, 1.54) is 5.56 Å². The number of likely N-dealkylation sites (tertiary alicyclic amines) is 1. The van der Waals surface area contributed by atoms with E-state index in [1.807, 2.05) is 19.2 Å². The Morgan fingerprint density at radius 3 is 2.96 bits per heavy atom. The van der Waals surface area contributed by atoms with Crippen molar-refractivity contribution in [1.29, 1.82) is 0 Å². The van der Waals surface area contributed by atoms with Crippen molar-refractivity contribution in [3.63, 3.8) is 0 Å². The van der Waals surface area contributed by atoms with Crippen molar-refractivity contribution >= 4 is 5.91 Å². The van der Waals surface area contributed by atoms with Crippen molar-refractivity contribution < 1.29 is 9.32 Å². The molecule has 7 nitrogen and oxygen atoms in total. The Labute approximate surface area is 146 Å². The number of hydrogen-bond acceptors (Lipinski definition) is 6. The monoisotopic (exact) mass is 341 g/mol. The van der Waals surface area contributed by atoms with Gasteiger partial charge in [0.2, 0.25) is 11.8 Å². The molecule has 0 bridgehead atoms. The number of aromatic nitrogens is 3. The molecule has 4 rings (SSSR count). The van der Waals surface area contributed by atoms with Crippen LogP contribution in [-0.2, 0) is 11.3 Å². The number of aryl methyl sites for hydroxylation is 1. The molecule has 0 aromatic carbocycles. The van der Waals surface area contributed by atoms with Gasteiger partial charge < -0.3 is 9.84 Å². The lowest BCUT2D eigenvalue weighted by atomic mass is 9.90. The van der Waals surface area contributed by atoms with Gasteiger partial charge in [-0.15, -0.1) is 0 Å². The van der Waals surface area contributed by atoms with Crippen LogP contribution in [0, 0.1) is 12.8 Å². The third-order valence-electron chi connectivity index (χ3n) is 4.96. The van der Waals surface area contributed by atoms with Crippen molar-refractivity contribution in [2.75, 3.05) is 13.1 Å². The first kappa shape index (κ1) is 16.2. The maximum absolute atomic E-state index is 12.3. The minimum Gasteiger partial charge on any atom is -0.351 e. The fourth-order valence-corrected chi connectivity index (χ4v) is 3.46. The third kappa shape index (κ3) is 3.87. The van der Waals surface area contributed by atoms with Crippen LogP contribution in [0.2, 0.25) is 0 Å². The van der Waals surface area contributed by atoms with Crippen LogP contribution in [-0.4, -0.2) is 45.1 Å². The summed E-state index contributed by atoms with van der Waals surface area (Å²) in [5.74, 6) is 1.71. The Balaban J connectivity index is 1.47. The fraction of sp³-hybridized carbons (Fsp3) is 0.556. The smallest absolute Gasteiger partial charge is 0.231 e. The molecule has 1 N–H and O–H groups in total. The molecule has 132 valence electrons. The van der Waals surface area contributed by atoms with Crippen LogP contribution in [0.25, 0.3) is 0 Å². The van der Waals surface area contributed by atoms with Crippen LogP contribution < -0.4 is 5.32 Å². The third-order valence-corrected chi connectivity index (χ3v) is 4.96. The van der Waals surface area contributed by atoms with Crippen molar-refractivity contribution in [3.05, 3.63) is 41.8 Å². The standard InChI is InChI=1S/C18H23N5O2/c1-12-20-18(25-22-12)15-6-8-23(10-13-3-2-7-19-9-13)11-16(15)21-17(24)14-4-5-14/h2-3,7,9,14-16H,4-6,8,10-11H2,1H3,(H,21,24)/t15-,16+/m0/s1. The Bertz CT molecular complexity index is 728. The van der Waals surface area contributed by atoms with Crippen molar-refractivity contribution in [2.24, 2.45) is 5.92 Å². The summed E-state index contributed by atoms with van der Waals surface area (Å²) in [6.45, 7) is 4.36. The van der Waals surface area contributed by atoms with Gasteiger partial charge in [0.05, 0.1) is 12.0 Å².